The monoisotopic (exact) mass is 162 g/mol. The second kappa shape index (κ2) is 3.90. The zero-order valence-electron chi connectivity index (χ0n) is 6.76. The Morgan fingerprint density at radius 3 is 2.27 bits per heavy atom. The number of nitrogens with zero attached hydrogens (tertiary/aromatic N) is 1. The molecule has 1 rings (SSSR count). The van der Waals surface area contributed by atoms with Gasteiger partial charge in [-0.2, -0.15) is 0 Å². The summed E-state index contributed by atoms with van der Waals surface area (Å²) in [6, 6.07) is 0. The second-order valence-electron chi connectivity index (χ2n) is 2.08. The number of carbonyl (C=O) groups is 1. The first-order valence-corrected chi connectivity index (χ1v) is 2.86. The summed E-state index contributed by atoms with van der Waals surface area (Å²) in [5, 5.41) is 10.2. The molecule has 0 aliphatic heterocycles. The normalized spacial score (nSPS) is 8.91. The number of aromatic nitrogens is 2. The molecule has 0 spiro atoms. The van der Waals surface area contributed by atoms with E-state index in [4.69, 9.17) is 0 Å². The van der Waals surface area contributed by atoms with Gasteiger partial charge in [0.1, 0.15) is 5.97 Å². The van der Waals surface area contributed by atoms with Crippen molar-refractivity contribution in [2.45, 2.75) is 13.8 Å². The fourth-order valence-electron chi connectivity index (χ4n) is 0.644. The van der Waals surface area contributed by atoms with Gasteiger partial charge in [-0.05, 0) is 13.8 Å². The SMILES string of the molecule is Cc1nc(C(=O)[O-])[nH]c1C.[Na+]. The summed E-state index contributed by atoms with van der Waals surface area (Å²) in [6.07, 6.45) is 0. The molecule has 1 aromatic heterocycles. The van der Waals surface area contributed by atoms with Crippen molar-refractivity contribution in [3.8, 4) is 0 Å². The van der Waals surface area contributed by atoms with E-state index in [9.17, 15) is 9.90 Å². The predicted molar refractivity (Wildman–Crippen MR) is 32.4 cm³/mol. The fraction of sp³-hybridized carbons (Fsp3) is 0.333. The first-order valence-electron chi connectivity index (χ1n) is 2.86. The van der Waals surface area contributed by atoms with Gasteiger partial charge in [0.15, 0.2) is 5.82 Å². The molecule has 0 aliphatic rings. The maximum absolute atomic E-state index is 10.2. The molecule has 1 N–H and O–H groups in total. The van der Waals surface area contributed by atoms with Crippen molar-refractivity contribution >= 4 is 5.97 Å². The van der Waals surface area contributed by atoms with Crippen LogP contribution in [0.5, 0.6) is 0 Å². The molecule has 54 valence electrons. The maximum Gasteiger partial charge on any atom is 1.00 e. The van der Waals surface area contributed by atoms with Crippen molar-refractivity contribution < 1.29 is 39.5 Å². The van der Waals surface area contributed by atoms with Crippen LogP contribution >= 0.6 is 0 Å². The molecule has 5 heteroatoms. The van der Waals surface area contributed by atoms with E-state index in [1.165, 1.54) is 0 Å². The van der Waals surface area contributed by atoms with E-state index in [0.29, 0.717) is 5.69 Å². The van der Waals surface area contributed by atoms with Crippen LogP contribution in [0.25, 0.3) is 0 Å². The second-order valence-corrected chi connectivity index (χ2v) is 2.08. The maximum atomic E-state index is 10.2. The smallest absolute Gasteiger partial charge is 0.542 e. The van der Waals surface area contributed by atoms with Gasteiger partial charge in [0.05, 0.1) is 5.69 Å². The van der Waals surface area contributed by atoms with Gasteiger partial charge in [0.2, 0.25) is 0 Å². The molecule has 0 bridgehead atoms. The number of carboxylic acid groups (broad SMARTS) is 1. The summed E-state index contributed by atoms with van der Waals surface area (Å²) >= 11 is 0. The first kappa shape index (κ1) is 10.7. The van der Waals surface area contributed by atoms with Crippen molar-refractivity contribution in [2.75, 3.05) is 0 Å². The molecule has 4 nitrogen and oxygen atoms in total. The number of H-pyrrole nitrogens is 1. The zero-order valence-corrected chi connectivity index (χ0v) is 8.76. The summed E-state index contributed by atoms with van der Waals surface area (Å²) in [5.74, 6) is -1.37. The number of hydrogen-bond donors (Lipinski definition) is 1. The van der Waals surface area contributed by atoms with Crippen LogP contribution in [0.2, 0.25) is 0 Å². The Balaban J connectivity index is 0.000001000. The number of carboxylic acids is 1. The van der Waals surface area contributed by atoms with Crippen LogP contribution in [0.4, 0.5) is 0 Å². The van der Waals surface area contributed by atoms with E-state index in [0.717, 1.165) is 5.69 Å². The molecule has 0 atom stereocenters. The number of aromatic amines is 1. The number of imidazole rings is 1. The van der Waals surface area contributed by atoms with Gasteiger partial charge in [-0.1, -0.05) is 0 Å². The van der Waals surface area contributed by atoms with Crippen molar-refractivity contribution in [3.63, 3.8) is 0 Å². The molecule has 0 fully saturated rings. The summed E-state index contributed by atoms with van der Waals surface area (Å²) in [5.41, 5.74) is 1.46. The molecule has 0 radical (unpaired) electrons. The summed E-state index contributed by atoms with van der Waals surface area (Å²) < 4.78 is 0. The Morgan fingerprint density at radius 2 is 2.09 bits per heavy atom. The van der Waals surface area contributed by atoms with Crippen molar-refractivity contribution in [3.05, 3.63) is 17.2 Å². The van der Waals surface area contributed by atoms with Crippen LogP contribution in [-0.4, -0.2) is 15.9 Å². The van der Waals surface area contributed by atoms with Crippen molar-refractivity contribution in [1.82, 2.24) is 9.97 Å². The number of carbonyl (C=O) groups excluding carboxylic acids is 1. The van der Waals surface area contributed by atoms with Crippen LogP contribution in [0.3, 0.4) is 0 Å². The minimum Gasteiger partial charge on any atom is -0.542 e. The summed E-state index contributed by atoms with van der Waals surface area (Å²) in [7, 11) is 0. The molecule has 1 heterocycles. The van der Waals surface area contributed by atoms with E-state index in [2.05, 4.69) is 9.97 Å². The molecule has 11 heavy (non-hydrogen) atoms. The molecule has 0 saturated carbocycles. The molecule has 0 unspecified atom stereocenters. The van der Waals surface area contributed by atoms with Crippen LogP contribution in [-0.2, 0) is 0 Å². The summed E-state index contributed by atoms with van der Waals surface area (Å²) in [6.45, 7) is 3.49. The van der Waals surface area contributed by atoms with E-state index in [-0.39, 0.29) is 35.4 Å². The van der Waals surface area contributed by atoms with E-state index < -0.39 is 5.97 Å². The van der Waals surface area contributed by atoms with Crippen LogP contribution in [0.15, 0.2) is 0 Å². The Morgan fingerprint density at radius 1 is 1.55 bits per heavy atom. The van der Waals surface area contributed by atoms with Gasteiger partial charge in [-0.25, -0.2) is 4.98 Å². The molecular formula is C6H7N2NaO2. The largest absolute Gasteiger partial charge is 1.00 e. The minimum atomic E-state index is -1.27. The third-order valence-corrected chi connectivity index (χ3v) is 1.32. The average Bonchev–Trinajstić information content (AvgIpc) is 2.13. The van der Waals surface area contributed by atoms with Crippen LogP contribution in [0, 0.1) is 13.8 Å². The van der Waals surface area contributed by atoms with Gasteiger partial charge in [-0.3, -0.25) is 0 Å². The zero-order chi connectivity index (χ0) is 7.72. The van der Waals surface area contributed by atoms with E-state index in [1.54, 1.807) is 13.8 Å². The number of nitrogens with one attached hydrogen (secondary N) is 1. The molecule has 0 aliphatic carbocycles. The molecular weight excluding hydrogens is 155 g/mol. The van der Waals surface area contributed by atoms with Crippen LogP contribution < -0.4 is 34.7 Å². The molecule has 1 aromatic rings. The topological polar surface area (TPSA) is 68.8 Å². The van der Waals surface area contributed by atoms with E-state index >= 15 is 0 Å². The number of aryl methyl sites for hydroxylation is 2. The van der Waals surface area contributed by atoms with E-state index in [1.807, 2.05) is 0 Å². The Labute approximate surface area is 86.3 Å². The first-order chi connectivity index (χ1) is 4.61. The number of hydrogen-bond acceptors (Lipinski definition) is 3. The van der Waals surface area contributed by atoms with Gasteiger partial charge >= 0.3 is 29.6 Å². The van der Waals surface area contributed by atoms with Gasteiger partial charge in [0.25, 0.3) is 0 Å². The third kappa shape index (κ3) is 2.32. The third-order valence-electron chi connectivity index (χ3n) is 1.32. The molecule has 0 amide bonds. The van der Waals surface area contributed by atoms with Crippen molar-refractivity contribution in [2.24, 2.45) is 0 Å². The average molecular weight is 162 g/mol. The molecule has 0 saturated heterocycles. The van der Waals surface area contributed by atoms with Gasteiger partial charge in [0, 0.05) is 5.69 Å². The summed E-state index contributed by atoms with van der Waals surface area (Å²) in [4.78, 5) is 16.4. The number of aromatic carboxylic acids is 1. The van der Waals surface area contributed by atoms with Gasteiger partial charge in [-0.15, -0.1) is 0 Å². The van der Waals surface area contributed by atoms with Gasteiger partial charge < -0.3 is 14.9 Å². The molecule has 0 aromatic carbocycles. The Bertz CT molecular complexity index is 250. The fourth-order valence-corrected chi connectivity index (χ4v) is 0.644. The quantitative estimate of drug-likeness (QED) is 0.434. The number of rotatable bonds is 1. The van der Waals surface area contributed by atoms with Crippen molar-refractivity contribution in [1.29, 1.82) is 0 Å². The predicted octanol–water partition coefficient (Wildman–Crippen LogP) is -3.61. The Hall–Kier alpha value is -0.320. The standard InChI is InChI=1S/C6H8N2O2.Na/c1-3-4(2)8-5(7-3)6(9)10;/h1-2H3,(H,7,8)(H,9,10);/q;+1/p-1. The minimum absolute atomic E-state index is 0. The van der Waals surface area contributed by atoms with Crippen LogP contribution in [0.1, 0.15) is 22.0 Å². The Kier molecular flexibility index (Phi) is 3.78.